The van der Waals surface area contributed by atoms with E-state index in [4.69, 9.17) is 4.74 Å². The maximum Gasteiger partial charge on any atom is 0.341 e. The maximum absolute atomic E-state index is 13.1. The number of aryl methyl sites for hydroxylation is 1. The van der Waals surface area contributed by atoms with Gasteiger partial charge in [-0.3, -0.25) is 9.69 Å². The summed E-state index contributed by atoms with van der Waals surface area (Å²) in [6.45, 7) is 2.59. The van der Waals surface area contributed by atoms with E-state index in [1.807, 2.05) is 6.92 Å². The van der Waals surface area contributed by atoms with E-state index in [-0.39, 0.29) is 17.4 Å². The summed E-state index contributed by atoms with van der Waals surface area (Å²) >= 11 is 1.59. The van der Waals surface area contributed by atoms with E-state index >= 15 is 0 Å². The zero-order valence-corrected chi connectivity index (χ0v) is 19.8. The molecule has 1 N–H and O–H groups in total. The minimum Gasteiger partial charge on any atom is -0.462 e. The molecule has 0 aliphatic heterocycles. The lowest BCUT2D eigenvalue weighted by molar-refractivity contribution is -0.123. The number of nitrogens with zero attached hydrogens (tertiary/aromatic N) is 1. The molecule has 0 unspecified atom stereocenters. The Morgan fingerprint density at radius 1 is 1.06 bits per heavy atom. The molecule has 1 amide bonds. The third kappa shape index (κ3) is 4.06. The SMILES string of the molecule is CCOC(=O)c1c(NC(=O)CN(C)C23CC4CC(CC(C4)C2)C3)sc2c1CCCCC2. The molecule has 6 rings (SSSR count). The van der Waals surface area contributed by atoms with Gasteiger partial charge < -0.3 is 10.1 Å². The van der Waals surface area contributed by atoms with Gasteiger partial charge in [0.05, 0.1) is 18.7 Å². The van der Waals surface area contributed by atoms with Crippen LogP contribution in [0.2, 0.25) is 0 Å². The van der Waals surface area contributed by atoms with Gasteiger partial charge in [-0.05, 0) is 101 Å². The number of carbonyl (C=O) groups is 2. The average Bonchev–Trinajstić information content (AvgIpc) is 2.87. The lowest BCUT2D eigenvalue weighted by atomic mass is 9.52. The van der Waals surface area contributed by atoms with Crippen LogP contribution in [0.3, 0.4) is 0 Å². The smallest absolute Gasteiger partial charge is 0.341 e. The van der Waals surface area contributed by atoms with Crippen LogP contribution in [-0.4, -0.2) is 42.5 Å². The number of esters is 1. The predicted molar refractivity (Wildman–Crippen MR) is 124 cm³/mol. The molecule has 4 fully saturated rings. The molecule has 0 saturated heterocycles. The summed E-state index contributed by atoms with van der Waals surface area (Å²) in [4.78, 5) is 29.5. The quantitative estimate of drug-likeness (QED) is 0.494. The fourth-order valence-electron chi connectivity index (χ4n) is 7.33. The molecule has 5 aliphatic carbocycles. The van der Waals surface area contributed by atoms with Gasteiger partial charge in [-0.2, -0.15) is 0 Å². The molecule has 0 aromatic carbocycles. The standard InChI is InChI=1S/C25H36N2O3S/c1-3-30-24(29)22-19-7-5-4-6-8-20(19)31-23(22)26-21(28)15-27(2)25-12-16-9-17(13-25)11-18(10-16)14-25/h16-18H,3-15H2,1-2H3,(H,26,28). The van der Waals surface area contributed by atoms with Crippen molar-refractivity contribution >= 4 is 28.2 Å². The largest absolute Gasteiger partial charge is 0.462 e. The molecule has 5 aliphatic rings. The molecule has 170 valence electrons. The first-order chi connectivity index (χ1) is 15.0. The highest BCUT2D eigenvalue weighted by Gasteiger charge is 2.52. The van der Waals surface area contributed by atoms with Gasteiger partial charge in [0, 0.05) is 10.4 Å². The fraction of sp³-hybridized carbons (Fsp3) is 0.760. The first-order valence-electron chi connectivity index (χ1n) is 12.3. The van der Waals surface area contributed by atoms with Gasteiger partial charge >= 0.3 is 5.97 Å². The number of ether oxygens (including phenoxy) is 1. The van der Waals surface area contributed by atoms with Gasteiger partial charge in [0.2, 0.25) is 5.91 Å². The van der Waals surface area contributed by atoms with Crippen molar-refractivity contribution in [2.45, 2.75) is 83.1 Å². The monoisotopic (exact) mass is 444 g/mol. The van der Waals surface area contributed by atoms with Gasteiger partial charge in [-0.1, -0.05) is 6.42 Å². The molecular formula is C25H36N2O3S. The molecule has 4 saturated carbocycles. The molecule has 1 aromatic heterocycles. The second kappa shape index (κ2) is 8.51. The first-order valence-corrected chi connectivity index (χ1v) is 13.1. The number of anilines is 1. The summed E-state index contributed by atoms with van der Waals surface area (Å²) in [7, 11) is 2.14. The van der Waals surface area contributed by atoms with E-state index < -0.39 is 0 Å². The number of hydrogen-bond acceptors (Lipinski definition) is 5. The van der Waals surface area contributed by atoms with Crippen LogP contribution in [0.15, 0.2) is 0 Å². The molecule has 5 nitrogen and oxygen atoms in total. The van der Waals surface area contributed by atoms with Crippen molar-refractivity contribution in [3.63, 3.8) is 0 Å². The van der Waals surface area contributed by atoms with E-state index in [0.29, 0.717) is 23.7 Å². The van der Waals surface area contributed by atoms with Crippen LogP contribution in [0.1, 0.15) is 85.5 Å². The number of nitrogens with one attached hydrogen (secondary N) is 1. The first kappa shape index (κ1) is 21.4. The van der Waals surface area contributed by atoms with Crippen molar-refractivity contribution in [3.05, 3.63) is 16.0 Å². The lowest BCUT2D eigenvalue weighted by Crippen LogP contribution is -2.59. The molecule has 0 spiro atoms. The second-order valence-corrected chi connectivity index (χ2v) is 11.6. The second-order valence-electron chi connectivity index (χ2n) is 10.5. The predicted octanol–water partition coefficient (Wildman–Crippen LogP) is 5.03. The number of thiophene rings is 1. The maximum atomic E-state index is 13.1. The van der Waals surface area contributed by atoms with Crippen molar-refractivity contribution in [2.75, 3.05) is 25.5 Å². The minimum atomic E-state index is -0.286. The lowest BCUT2D eigenvalue weighted by Gasteiger charge is -2.59. The van der Waals surface area contributed by atoms with Gasteiger partial charge in [0.1, 0.15) is 5.00 Å². The molecule has 0 atom stereocenters. The Bertz CT molecular complexity index is 826. The van der Waals surface area contributed by atoms with E-state index in [2.05, 4.69) is 17.3 Å². The van der Waals surface area contributed by atoms with Crippen LogP contribution in [0, 0.1) is 17.8 Å². The molecule has 1 aromatic rings. The molecule has 0 radical (unpaired) electrons. The van der Waals surface area contributed by atoms with Crippen LogP contribution in [-0.2, 0) is 22.4 Å². The molecule has 1 heterocycles. The highest BCUT2D eigenvalue weighted by Crippen LogP contribution is 2.57. The van der Waals surface area contributed by atoms with Crippen LogP contribution in [0.5, 0.6) is 0 Å². The van der Waals surface area contributed by atoms with Crippen LogP contribution in [0.4, 0.5) is 5.00 Å². The topological polar surface area (TPSA) is 58.6 Å². The average molecular weight is 445 g/mol. The molecule has 31 heavy (non-hydrogen) atoms. The van der Waals surface area contributed by atoms with E-state index in [1.165, 1.54) is 49.8 Å². The zero-order valence-electron chi connectivity index (χ0n) is 19.0. The minimum absolute atomic E-state index is 0.000188. The molecule has 6 heteroatoms. The number of fused-ring (bicyclic) bond motifs is 1. The Hall–Kier alpha value is -1.40. The van der Waals surface area contributed by atoms with Crippen molar-refractivity contribution in [1.82, 2.24) is 4.90 Å². The Morgan fingerprint density at radius 3 is 2.35 bits per heavy atom. The van der Waals surface area contributed by atoms with Gasteiger partial charge in [0.15, 0.2) is 0 Å². The Labute approximate surface area is 189 Å². The molecule has 4 bridgehead atoms. The fourth-order valence-corrected chi connectivity index (χ4v) is 8.63. The number of rotatable bonds is 6. The highest BCUT2D eigenvalue weighted by atomic mass is 32.1. The summed E-state index contributed by atoms with van der Waals surface area (Å²) in [6.07, 6.45) is 13.3. The van der Waals surface area contributed by atoms with Gasteiger partial charge in [0.25, 0.3) is 0 Å². The summed E-state index contributed by atoms with van der Waals surface area (Å²) in [5.41, 5.74) is 1.95. The number of amides is 1. The van der Waals surface area contributed by atoms with Gasteiger partial charge in [-0.25, -0.2) is 4.79 Å². The van der Waals surface area contributed by atoms with Crippen molar-refractivity contribution in [2.24, 2.45) is 17.8 Å². The number of carbonyl (C=O) groups excluding carboxylic acids is 2. The summed E-state index contributed by atoms with van der Waals surface area (Å²) in [5.74, 6) is 2.30. The van der Waals surface area contributed by atoms with E-state index in [0.717, 1.165) is 49.0 Å². The third-order valence-electron chi connectivity index (χ3n) is 8.35. The van der Waals surface area contributed by atoms with E-state index in [9.17, 15) is 9.59 Å². The summed E-state index contributed by atoms with van der Waals surface area (Å²) in [5, 5.41) is 3.83. The van der Waals surface area contributed by atoms with Crippen LogP contribution < -0.4 is 5.32 Å². The van der Waals surface area contributed by atoms with Crippen molar-refractivity contribution in [3.8, 4) is 0 Å². The normalized spacial score (nSPS) is 31.4. The number of hydrogen-bond donors (Lipinski definition) is 1. The zero-order chi connectivity index (χ0) is 21.6. The Balaban J connectivity index is 1.32. The van der Waals surface area contributed by atoms with Crippen molar-refractivity contribution in [1.29, 1.82) is 0 Å². The Morgan fingerprint density at radius 2 is 1.71 bits per heavy atom. The van der Waals surface area contributed by atoms with Crippen LogP contribution >= 0.6 is 11.3 Å². The summed E-state index contributed by atoms with van der Waals surface area (Å²) < 4.78 is 5.37. The third-order valence-corrected chi connectivity index (χ3v) is 9.56. The number of likely N-dealkylation sites (N-methyl/N-ethyl adjacent to an activating group) is 1. The Kier molecular flexibility index (Phi) is 5.89. The highest BCUT2D eigenvalue weighted by molar-refractivity contribution is 7.17. The summed E-state index contributed by atoms with van der Waals surface area (Å²) in [6, 6.07) is 0. The van der Waals surface area contributed by atoms with Gasteiger partial charge in [-0.15, -0.1) is 11.3 Å². The van der Waals surface area contributed by atoms with Crippen LogP contribution in [0.25, 0.3) is 0 Å². The van der Waals surface area contributed by atoms with E-state index in [1.54, 1.807) is 11.3 Å². The van der Waals surface area contributed by atoms with Crippen molar-refractivity contribution < 1.29 is 14.3 Å². The molecular weight excluding hydrogens is 408 g/mol.